The summed E-state index contributed by atoms with van der Waals surface area (Å²) in [4.78, 5) is 11.2. The summed E-state index contributed by atoms with van der Waals surface area (Å²) in [5, 5.41) is 6.16. The molecule has 2 atom stereocenters. The maximum absolute atomic E-state index is 11.2. The number of carbonyl (C=O) groups is 1. The molecule has 0 saturated heterocycles. The number of nitrogens with one attached hydrogen (secondary N) is 2. The van der Waals surface area contributed by atoms with Gasteiger partial charge in [0.1, 0.15) is 0 Å². The lowest BCUT2D eigenvalue weighted by molar-refractivity contribution is -0.120. The van der Waals surface area contributed by atoms with E-state index in [1.165, 1.54) is 19.3 Å². The Kier molecular flexibility index (Phi) is 2.54. The Bertz CT molecular complexity index is 201. The third kappa shape index (κ3) is 2.99. The van der Waals surface area contributed by atoms with Crippen LogP contribution in [0.2, 0.25) is 0 Å². The molecule has 0 spiro atoms. The molecule has 2 saturated carbocycles. The summed E-state index contributed by atoms with van der Waals surface area (Å²) in [5.74, 6) is 1.86. The summed E-state index contributed by atoms with van der Waals surface area (Å²) in [7, 11) is 0. The molecule has 0 aliphatic heterocycles. The molecular formula is C10H18N2O. The monoisotopic (exact) mass is 182 g/mol. The first-order valence-corrected chi connectivity index (χ1v) is 5.26. The second-order valence-corrected chi connectivity index (χ2v) is 4.45. The van der Waals surface area contributed by atoms with Crippen LogP contribution < -0.4 is 10.6 Å². The van der Waals surface area contributed by atoms with Crippen LogP contribution in [0, 0.1) is 11.8 Å². The predicted octanol–water partition coefficient (Wildman–Crippen LogP) is 0.511. The quantitative estimate of drug-likeness (QED) is 0.650. The van der Waals surface area contributed by atoms with Gasteiger partial charge in [0.2, 0.25) is 5.91 Å². The molecule has 13 heavy (non-hydrogen) atoms. The fraction of sp³-hybridized carbons (Fsp3) is 0.900. The maximum atomic E-state index is 11.2. The van der Waals surface area contributed by atoms with Gasteiger partial charge in [-0.3, -0.25) is 4.79 Å². The van der Waals surface area contributed by atoms with Gasteiger partial charge in [0, 0.05) is 6.04 Å². The van der Waals surface area contributed by atoms with Crippen LogP contribution in [0.1, 0.15) is 26.2 Å². The molecule has 2 aliphatic carbocycles. The summed E-state index contributed by atoms with van der Waals surface area (Å²) in [5.41, 5.74) is 0. The fourth-order valence-electron chi connectivity index (χ4n) is 1.56. The molecule has 0 heterocycles. The molecule has 2 N–H and O–H groups in total. The maximum Gasteiger partial charge on any atom is 0.234 e. The van der Waals surface area contributed by atoms with Crippen molar-refractivity contribution < 1.29 is 4.79 Å². The Labute approximate surface area is 79.3 Å². The molecule has 0 bridgehead atoms. The molecule has 2 rings (SSSR count). The molecule has 2 unspecified atom stereocenters. The van der Waals surface area contributed by atoms with E-state index in [1.54, 1.807) is 0 Å². The molecule has 2 fully saturated rings. The van der Waals surface area contributed by atoms with Gasteiger partial charge in [-0.1, -0.05) is 6.92 Å². The Balaban J connectivity index is 1.49. The van der Waals surface area contributed by atoms with Crippen LogP contribution in [0.25, 0.3) is 0 Å². The minimum atomic E-state index is 0.163. The van der Waals surface area contributed by atoms with Gasteiger partial charge in [0.05, 0.1) is 6.54 Å². The van der Waals surface area contributed by atoms with E-state index in [2.05, 4.69) is 17.6 Å². The highest BCUT2D eigenvalue weighted by molar-refractivity contribution is 5.78. The first-order valence-electron chi connectivity index (χ1n) is 5.26. The minimum Gasteiger partial charge on any atom is -0.352 e. The van der Waals surface area contributed by atoms with Crippen LogP contribution in [0.4, 0.5) is 0 Å². The van der Waals surface area contributed by atoms with Crippen LogP contribution in [-0.2, 0) is 4.79 Å². The van der Waals surface area contributed by atoms with E-state index < -0.39 is 0 Å². The minimum absolute atomic E-state index is 0.163. The molecule has 3 heteroatoms. The summed E-state index contributed by atoms with van der Waals surface area (Å²) < 4.78 is 0. The zero-order valence-corrected chi connectivity index (χ0v) is 8.18. The average molecular weight is 182 g/mol. The molecule has 0 aromatic heterocycles. The first-order chi connectivity index (χ1) is 6.25. The molecule has 0 aromatic rings. The zero-order chi connectivity index (χ0) is 9.26. The predicted molar refractivity (Wildman–Crippen MR) is 51.3 cm³/mol. The lowest BCUT2D eigenvalue weighted by atomic mass is 10.3. The average Bonchev–Trinajstić information content (AvgIpc) is 2.93. The molecule has 74 valence electrons. The number of amides is 1. The summed E-state index contributed by atoms with van der Waals surface area (Å²) >= 11 is 0. The highest BCUT2D eigenvalue weighted by atomic mass is 16.2. The van der Waals surface area contributed by atoms with E-state index in [0.717, 1.165) is 18.4 Å². The van der Waals surface area contributed by atoms with E-state index in [4.69, 9.17) is 0 Å². The van der Waals surface area contributed by atoms with Crippen LogP contribution in [0.3, 0.4) is 0 Å². The van der Waals surface area contributed by atoms with Crippen LogP contribution in [-0.4, -0.2) is 25.0 Å². The van der Waals surface area contributed by atoms with Gasteiger partial charge in [-0.2, -0.15) is 0 Å². The van der Waals surface area contributed by atoms with Crippen LogP contribution in [0.5, 0.6) is 0 Å². The van der Waals surface area contributed by atoms with Crippen LogP contribution in [0.15, 0.2) is 0 Å². The van der Waals surface area contributed by atoms with Crippen molar-refractivity contribution in [2.24, 2.45) is 11.8 Å². The van der Waals surface area contributed by atoms with Crippen molar-refractivity contribution in [3.63, 3.8) is 0 Å². The molecule has 0 radical (unpaired) electrons. The summed E-state index contributed by atoms with van der Waals surface area (Å²) in [6.07, 6.45) is 3.67. The van der Waals surface area contributed by atoms with Crippen molar-refractivity contribution in [3.8, 4) is 0 Å². The van der Waals surface area contributed by atoms with Gasteiger partial charge in [-0.05, 0) is 37.6 Å². The third-order valence-electron chi connectivity index (χ3n) is 2.91. The molecule has 3 nitrogen and oxygen atoms in total. The van der Waals surface area contributed by atoms with Gasteiger partial charge >= 0.3 is 0 Å². The Hall–Kier alpha value is -0.570. The van der Waals surface area contributed by atoms with E-state index in [1.807, 2.05) is 0 Å². The number of rotatable bonds is 5. The summed E-state index contributed by atoms with van der Waals surface area (Å²) in [6.45, 7) is 3.77. The second-order valence-electron chi connectivity index (χ2n) is 4.45. The Morgan fingerprint density at radius 2 is 2.15 bits per heavy atom. The topological polar surface area (TPSA) is 41.1 Å². The normalized spacial score (nSPS) is 31.5. The fourth-order valence-corrected chi connectivity index (χ4v) is 1.56. The molecular weight excluding hydrogens is 164 g/mol. The van der Waals surface area contributed by atoms with Crippen molar-refractivity contribution in [2.75, 3.05) is 13.1 Å². The zero-order valence-electron chi connectivity index (χ0n) is 8.18. The molecule has 1 amide bonds. The lowest BCUT2D eigenvalue weighted by Gasteiger charge is -2.04. The largest absolute Gasteiger partial charge is 0.352 e. The van der Waals surface area contributed by atoms with E-state index in [-0.39, 0.29) is 5.91 Å². The van der Waals surface area contributed by atoms with E-state index in [9.17, 15) is 4.79 Å². The second kappa shape index (κ2) is 3.66. The Morgan fingerprint density at radius 1 is 1.46 bits per heavy atom. The number of hydrogen-bond acceptors (Lipinski definition) is 2. The molecule has 2 aliphatic rings. The summed E-state index contributed by atoms with van der Waals surface area (Å²) in [6, 6.07) is 0.495. The smallest absolute Gasteiger partial charge is 0.234 e. The van der Waals surface area contributed by atoms with E-state index >= 15 is 0 Å². The first kappa shape index (κ1) is 9.00. The van der Waals surface area contributed by atoms with Crippen molar-refractivity contribution in [3.05, 3.63) is 0 Å². The van der Waals surface area contributed by atoms with Gasteiger partial charge in [0.25, 0.3) is 0 Å². The number of hydrogen-bond donors (Lipinski definition) is 2. The van der Waals surface area contributed by atoms with Gasteiger partial charge < -0.3 is 10.6 Å². The highest BCUT2D eigenvalue weighted by Gasteiger charge is 2.31. The van der Waals surface area contributed by atoms with Crippen LogP contribution >= 0.6 is 0 Å². The van der Waals surface area contributed by atoms with Crippen molar-refractivity contribution in [1.82, 2.24) is 10.6 Å². The highest BCUT2D eigenvalue weighted by Crippen LogP contribution is 2.36. The van der Waals surface area contributed by atoms with Gasteiger partial charge in [-0.15, -0.1) is 0 Å². The van der Waals surface area contributed by atoms with E-state index in [0.29, 0.717) is 12.6 Å². The standard InChI is InChI=1S/C10H18N2O/c1-7-4-8(7)5-11-6-10(13)12-9-2-3-9/h7-9,11H,2-6H2,1H3,(H,12,13). The molecule has 0 aromatic carbocycles. The lowest BCUT2D eigenvalue weighted by Crippen LogP contribution is -2.35. The Morgan fingerprint density at radius 3 is 2.69 bits per heavy atom. The van der Waals surface area contributed by atoms with Gasteiger partial charge in [0.15, 0.2) is 0 Å². The van der Waals surface area contributed by atoms with Gasteiger partial charge in [-0.25, -0.2) is 0 Å². The number of carbonyl (C=O) groups excluding carboxylic acids is 1. The third-order valence-corrected chi connectivity index (χ3v) is 2.91. The SMILES string of the molecule is CC1CC1CNCC(=O)NC1CC1. The van der Waals surface area contributed by atoms with Crippen molar-refractivity contribution in [1.29, 1.82) is 0 Å². The van der Waals surface area contributed by atoms with Crippen molar-refractivity contribution in [2.45, 2.75) is 32.2 Å². The van der Waals surface area contributed by atoms with Crippen molar-refractivity contribution >= 4 is 5.91 Å².